The van der Waals surface area contributed by atoms with E-state index in [1.165, 1.54) is 20.4 Å². The third kappa shape index (κ3) is 5.99. The molecule has 0 aromatic heterocycles. The quantitative estimate of drug-likeness (QED) is 0.485. The second-order valence-corrected chi connectivity index (χ2v) is 8.19. The Kier molecular flexibility index (Phi) is 7.54. The van der Waals surface area contributed by atoms with E-state index in [1.54, 1.807) is 12.1 Å². The first-order valence-electron chi connectivity index (χ1n) is 9.26. The molecule has 2 aromatic rings. The minimum Gasteiger partial charge on any atom is -0.493 e. The Bertz CT molecular complexity index is 1040. The first kappa shape index (κ1) is 22.6. The van der Waals surface area contributed by atoms with Crippen LogP contribution in [0.25, 0.3) is 0 Å². The standard InChI is InChI=1S/C21H21ClN4O4S/c1-12-4-6-14(7-5-12)24-19(27)10-18-20(28)25-21(31-18)26-23-11-13-8-16(29-2)17(30-3)9-15(13)22/h4-9,11,18H,10H2,1-3H3,(H,24,27)(H,25,26,28)/b23-11-/t18-/m1/s1. The molecule has 1 saturated heterocycles. The Morgan fingerprint density at radius 3 is 2.58 bits per heavy atom. The number of benzene rings is 2. The fraction of sp³-hybridized carbons (Fsp3) is 0.238. The fourth-order valence-corrected chi connectivity index (χ4v) is 3.84. The van der Waals surface area contributed by atoms with Crippen LogP contribution in [-0.4, -0.2) is 42.7 Å². The van der Waals surface area contributed by atoms with Gasteiger partial charge in [0.15, 0.2) is 16.7 Å². The minimum absolute atomic E-state index is 0.0224. The number of nitrogens with zero attached hydrogens (tertiary/aromatic N) is 2. The molecule has 10 heteroatoms. The van der Waals surface area contributed by atoms with Crippen LogP contribution in [0.5, 0.6) is 11.5 Å². The predicted octanol–water partition coefficient (Wildman–Crippen LogP) is 3.62. The van der Waals surface area contributed by atoms with Gasteiger partial charge in [0.25, 0.3) is 0 Å². The van der Waals surface area contributed by atoms with Gasteiger partial charge < -0.3 is 20.1 Å². The highest BCUT2D eigenvalue weighted by atomic mass is 35.5. The SMILES string of the molecule is COc1cc(Cl)c(/C=N\N=C2\NC(=O)[C@@H](CC(=O)Nc3ccc(C)cc3)S2)cc1OC. The van der Waals surface area contributed by atoms with Crippen molar-refractivity contribution in [2.75, 3.05) is 19.5 Å². The highest BCUT2D eigenvalue weighted by Crippen LogP contribution is 2.32. The second-order valence-electron chi connectivity index (χ2n) is 6.59. The van der Waals surface area contributed by atoms with Gasteiger partial charge in [0, 0.05) is 23.7 Å². The maximum absolute atomic E-state index is 12.2. The highest BCUT2D eigenvalue weighted by Gasteiger charge is 2.32. The van der Waals surface area contributed by atoms with Gasteiger partial charge in [-0.05, 0) is 25.1 Å². The monoisotopic (exact) mass is 460 g/mol. The van der Waals surface area contributed by atoms with E-state index in [9.17, 15) is 9.59 Å². The minimum atomic E-state index is -0.580. The molecule has 1 aliphatic heterocycles. The molecule has 2 amide bonds. The van der Waals surface area contributed by atoms with E-state index in [1.807, 2.05) is 31.2 Å². The highest BCUT2D eigenvalue weighted by molar-refractivity contribution is 8.15. The number of rotatable bonds is 7. The number of carbonyl (C=O) groups excluding carboxylic acids is 2. The van der Waals surface area contributed by atoms with Crippen molar-refractivity contribution in [1.29, 1.82) is 0 Å². The number of amides is 2. The van der Waals surface area contributed by atoms with Crippen LogP contribution in [0.15, 0.2) is 46.6 Å². The molecule has 0 radical (unpaired) electrons. The van der Waals surface area contributed by atoms with Crippen molar-refractivity contribution < 1.29 is 19.1 Å². The third-order valence-corrected chi connectivity index (χ3v) is 5.73. The zero-order chi connectivity index (χ0) is 22.4. The normalized spacial score (nSPS) is 17.1. The molecule has 0 bridgehead atoms. The number of methoxy groups -OCH3 is 2. The molecule has 3 rings (SSSR count). The Morgan fingerprint density at radius 2 is 1.90 bits per heavy atom. The van der Waals surface area contributed by atoms with Crippen molar-refractivity contribution in [2.45, 2.75) is 18.6 Å². The molecular formula is C21H21ClN4O4S. The maximum atomic E-state index is 12.2. The van der Waals surface area contributed by atoms with Gasteiger partial charge >= 0.3 is 0 Å². The topological polar surface area (TPSA) is 101 Å². The molecule has 2 aromatic carbocycles. The summed E-state index contributed by atoms with van der Waals surface area (Å²) in [6.45, 7) is 1.97. The zero-order valence-electron chi connectivity index (χ0n) is 17.1. The van der Waals surface area contributed by atoms with Gasteiger partial charge in [-0.3, -0.25) is 9.59 Å². The summed E-state index contributed by atoms with van der Waals surface area (Å²) in [4.78, 5) is 24.4. The van der Waals surface area contributed by atoms with E-state index in [2.05, 4.69) is 20.8 Å². The molecule has 1 atom stereocenters. The second kappa shape index (κ2) is 10.3. The summed E-state index contributed by atoms with van der Waals surface area (Å²) < 4.78 is 10.4. The van der Waals surface area contributed by atoms with Crippen LogP contribution in [0.1, 0.15) is 17.5 Å². The average Bonchev–Trinajstić information content (AvgIpc) is 3.09. The van der Waals surface area contributed by atoms with Crippen molar-refractivity contribution in [3.63, 3.8) is 0 Å². The summed E-state index contributed by atoms with van der Waals surface area (Å²) in [5.41, 5.74) is 2.36. The Morgan fingerprint density at radius 1 is 1.23 bits per heavy atom. The van der Waals surface area contributed by atoms with E-state index in [0.717, 1.165) is 17.3 Å². The lowest BCUT2D eigenvalue weighted by Gasteiger charge is -2.09. The molecule has 1 fully saturated rings. The number of ether oxygens (including phenoxy) is 2. The Hall–Kier alpha value is -3.04. The van der Waals surface area contributed by atoms with Gasteiger partial charge in [-0.2, -0.15) is 5.10 Å². The number of thioether (sulfide) groups is 1. The Balaban J connectivity index is 1.60. The number of anilines is 1. The molecule has 0 unspecified atom stereocenters. The summed E-state index contributed by atoms with van der Waals surface area (Å²) in [7, 11) is 3.04. The lowest BCUT2D eigenvalue weighted by molar-refractivity contribution is -0.122. The number of hydrogen-bond acceptors (Lipinski definition) is 7. The van der Waals surface area contributed by atoms with Gasteiger partial charge in [0.05, 0.1) is 25.5 Å². The largest absolute Gasteiger partial charge is 0.493 e. The molecule has 0 aliphatic carbocycles. The number of amidine groups is 1. The van der Waals surface area contributed by atoms with Crippen molar-refractivity contribution >= 4 is 52.2 Å². The van der Waals surface area contributed by atoms with Gasteiger partial charge in [-0.1, -0.05) is 41.1 Å². The number of nitrogens with one attached hydrogen (secondary N) is 2. The first-order valence-corrected chi connectivity index (χ1v) is 10.5. The summed E-state index contributed by atoms with van der Waals surface area (Å²) >= 11 is 7.37. The smallest absolute Gasteiger partial charge is 0.240 e. The molecule has 0 spiro atoms. The van der Waals surface area contributed by atoms with Crippen LogP contribution in [0, 0.1) is 6.92 Å². The molecule has 31 heavy (non-hydrogen) atoms. The number of hydrogen-bond donors (Lipinski definition) is 2. The number of aryl methyl sites for hydroxylation is 1. The molecular weight excluding hydrogens is 440 g/mol. The van der Waals surface area contributed by atoms with E-state index in [-0.39, 0.29) is 18.2 Å². The summed E-state index contributed by atoms with van der Waals surface area (Å²) in [5, 5.41) is 13.6. The van der Waals surface area contributed by atoms with Gasteiger partial charge in [0.2, 0.25) is 11.8 Å². The van der Waals surface area contributed by atoms with E-state index in [0.29, 0.717) is 32.9 Å². The summed E-state index contributed by atoms with van der Waals surface area (Å²) in [5.74, 6) is 0.464. The van der Waals surface area contributed by atoms with Crippen LogP contribution >= 0.6 is 23.4 Å². The van der Waals surface area contributed by atoms with Crippen molar-refractivity contribution in [2.24, 2.45) is 10.2 Å². The van der Waals surface area contributed by atoms with E-state index in [4.69, 9.17) is 21.1 Å². The van der Waals surface area contributed by atoms with Crippen molar-refractivity contribution in [3.05, 3.63) is 52.5 Å². The lowest BCUT2D eigenvalue weighted by atomic mass is 10.2. The Labute approximate surface area is 189 Å². The molecule has 2 N–H and O–H groups in total. The maximum Gasteiger partial charge on any atom is 0.240 e. The summed E-state index contributed by atoms with van der Waals surface area (Å²) in [6.07, 6.45) is 1.47. The van der Waals surface area contributed by atoms with Crippen LogP contribution in [0.2, 0.25) is 5.02 Å². The first-order chi connectivity index (χ1) is 14.9. The number of carbonyl (C=O) groups is 2. The van der Waals surface area contributed by atoms with Gasteiger partial charge in [-0.15, -0.1) is 5.10 Å². The summed E-state index contributed by atoms with van der Waals surface area (Å²) in [6, 6.07) is 10.7. The van der Waals surface area contributed by atoms with Crippen LogP contribution in [-0.2, 0) is 9.59 Å². The van der Waals surface area contributed by atoms with E-state index < -0.39 is 5.25 Å². The van der Waals surface area contributed by atoms with Crippen LogP contribution < -0.4 is 20.1 Å². The fourth-order valence-electron chi connectivity index (χ4n) is 2.72. The van der Waals surface area contributed by atoms with Crippen molar-refractivity contribution in [3.8, 4) is 11.5 Å². The molecule has 162 valence electrons. The third-order valence-electron chi connectivity index (χ3n) is 4.33. The molecule has 8 nitrogen and oxygen atoms in total. The van der Waals surface area contributed by atoms with E-state index >= 15 is 0 Å². The van der Waals surface area contributed by atoms with Gasteiger partial charge in [-0.25, -0.2) is 0 Å². The molecule has 1 heterocycles. The lowest BCUT2D eigenvalue weighted by Crippen LogP contribution is -2.28. The van der Waals surface area contributed by atoms with Gasteiger partial charge in [0.1, 0.15) is 5.25 Å². The number of halogens is 1. The average molecular weight is 461 g/mol. The molecule has 0 saturated carbocycles. The van der Waals surface area contributed by atoms with Crippen LogP contribution in [0.4, 0.5) is 5.69 Å². The van der Waals surface area contributed by atoms with Crippen LogP contribution in [0.3, 0.4) is 0 Å². The molecule has 1 aliphatic rings. The zero-order valence-corrected chi connectivity index (χ0v) is 18.7. The van der Waals surface area contributed by atoms with Crippen molar-refractivity contribution in [1.82, 2.24) is 5.32 Å². The predicted molar refractivity (Wildman–Crippen MR) is 124 cm³/mol.